The molecule has 0 fully saturated rings. The molecule has 0 saturated carbocycles. The van der Waals surface area contributed by atoms with Gasteiger partial charge in [-0.3, -0.25) is 14.4 Å². The van der Waals surface area contributed by atoms with Crippen molar-refractivity contribution in [3.63, 3.8) is 0 Å². The molecule has 0 aromatic rings. The Kier molecular flexibility index (Phi) is 56.3. The van der Waals surface area contributed by atoms with E-state index in [0.29, 0.717) is 19.3 Å². The number of carbonyl (C=O) groups excluding carboxylic acids is 3. The molecule has 0 aromatic heterocycles. The molecule has 6 nitrogen and oxygen atoms in total. The van der Waals surface area contributed by atoms with E-state index in [2.05, 4.69) is 106 Å². The van der Waals surface area contributed by atoms with E-state index in [1.807, 2.05) is 0 Å². The van der Waals surface area contributed by atoms with Crippen molar-refractivity contribution in [3.05, 3.63) is 85.1 Å². The van der Waals surface area contributed by atoms with Crippen molar-refractivity contribution >= 4 is 17.9 Å². The van der Waals surface area contributed by atoms with Crippen molar-refractivity contribution in [1.29, 1.82) is 0 Å². The summed E-state index contributed by atoms with van der Waals surface area (Å²) in [6, 6.07) is 0. The van der Waals surface area contributed by atoms with Gasteiger partial charge in [0.1, 0.15) is 13.2 Å². The van der Waals surface area contributed by atoms with Crippen LogP contribution in [0.25, 0.3) is 0 Å². The van der Waals surface area contributed by atoms with E-state index in [4.69, 9.17) is 14.2 Å². The first-order valence-corrected chi connectivity index (χ1v) is 30.1. The molecular formula is C65H112O6. The van der Waals surface area contributed by atoms with Gasteiger partial charge < -0.3 is 14.2 Å². The summed E-state index contributed by atoms with van der Waals surface area (Å²) in [6.45, 7) is 6.49. The van der Waals surface area contributed by atoms with Gasteiger partial charge in [-0.2, -0.15) is 0 Å². The van der Waals surface area contributed by atoms with Crippen molar-refractivity contribution in [3.8, 4) is 0 Å². The number of esters is 3. The summed E-state index contributed by atoms with van der Waals surface area (Å²) in [5.74, 6) is -0.896. The molecule has 0 amide bonds. The van der Waals surface area contributed by atoms with Crippen molar-refractivity contribution < 1.29 is 28.6 Å². The molecule has 0 N–H and O–H groups in total. The molecule has 0 spiro atoms. The zero-order chi connectivity index (χ0) is 51.4. The third-order valence-electron chi connectivity index (χ3n) is 12.9. The predicted molar refractivity (Wildman–Crippen MR) is 307 cm³/mol. The maximum Gasteiger partial charge on any atom is 0.306 e. The first-order valence-electron chi connectivity index (χ1n) is 30.1. The third-order valence-corrected chi connectivity index (χ3v) is 12.9. The number of rotatable bonds is 54. The van der Waals surface area contributed by atoms with E-state index in [-0.39, 0.29) is 31.1 Å². The Morgan fingerprint density at radius 1 is 0.296 bits per heavy atom. The van der Waals surface area contributed by atoms with Crippen LogP contribution in [0.1, 0.15) is 290 Å². The van der Waals surface area contributed by atoms with Gasteiger partial charge >= 0.3 is 17.9 Å². The van der Waals surface area contributed by atoms with E-state index in [1.165, 1.54) is 141 Å². The van der Waals surface area contributed by atoms with Gasteiger partial charge in [-0.15, -0.1) is 0 Å². The maximum absolute atomic E-state index is 12.8. The molecule has 6 heteroatoms. The SMILES string of the molecule is CC/C=C\C/C=C\C/C=C\C/C=C\C/C=C\CCCCCCCCCCCCCC(=O)OCC(COC(=O)CCCCCCC/C=C\CCCCC)OC(=O)CCCCCCC/C=C\CCCCCCC. The fraction of sp³-hybridized carbons (Fsp3) is 0.738. The molecule has 0 rings (SSSR count). The average molecular weight is 990 g/mol. The van der Waals surface area contributed by atoms with E-state index in [0.717, 1.165) is 109 Å². The zero-order valence-electron chi connectivity index (χ0n) is 46.7. The van der Waals surface area contributed by atoms with Crippen molar-refractivity contribution in [1.82, 2.24) is 0 Å². The molecule has 408 valence electrons. The fourth-order valence-electron chi connectivity index (χ4n) is 8.34. The zero-order valence-corrected chi connectivity index (χ0v) is 46.7. The summed E-state index contributed by atoms with van der Waals surface area (Å²) >= 11 is 0. The van der Waals surface area contributed by atoms with Crippen LogP contribution in [0.2, 0.25) is 0 Å². The van der Waals surface area contributed by atoms with Gasteiger partial charge in [0.25, 0.3) is 0 Å². The number of allylic oxidation sites excluding steroid dienone is 14. The molecule has 0 heterocycles. The summed E-state index contributed by atoms with van der Waals surface area (Å²) in [5.41, 5.74) is 0. The monoisotopic (exact) mass is 989 g/mol. The Balaban J connectivity index is 4.26. The first-order chi connectivity index (χ1) is 35.0. The molecule has 0 saturated heterocycles. The van der Waals surface area contributed by atoms with Crippen molar-refractivity contribution in [2.24, 2.45) is 0 Å². The maximum atomic E-state index is 12.8. The highest BCUT2D eigenvalue weighted by molar-refractivity contribution is 5.71. The molecule has 0 bridgehead atoms. The lowest BCUT2D eigenvalue weighted by atomic mass is 10.0. The molecule has 0 aliphatic heterocycles. The Labute approximate surface area is 439 Å². The van der Waals surface area contributed by atoms with Gasteiger partial charge in [0.15, 0.2) is 6.10 Å². The normalized spacial score (nSPS) is 12.7. The van der Waals surface area contributed by atoms with Gasteiger partial charge in [0.05, 0.1) is 0 Å². The van der Waals surface area contributed by atoms with Crippen molar-refractivity contribution in [2.75, 3.05) is 13.2 Å². The first kappa shape index (κ1) is 67.6. The van der Waals surface area contributed by atoms with Crippen LogP contribution >= 0.6 is 0 Å². The lowest BCUT2D eigenvalue weighted by Crippen LogP contribution is -2.30. The van der Waals surface area contributed by atoms with Crippen LogP contribution in [-0.2, 0) is 28.6 Å². The predicted octanol–water partition coefficient (Wildman–Crippen LogP) is 20.3. The second-order valence-corrected chi connectivity index (χ2v) is 19.9. The summed E-state index contributed by atoms with van der Waals surface area (Å²) in [6.07, 6.45) is 77.2. The highest BCUT2D eigenvalue weighted by atomic mass is 16.6. The number of ether oxygens (including phenoxy) is 3. The van der Waals surface area contributed by atoms with Crippen molar-refractivity contribution in [2.45, 2.75) is 297 Å². The highest BCUT2D eigenvalue weighted by Gasteiger charge is 2.19. The summed E-state index contributed by atoms with van der Waals surface area (Å²) in [5, 5.41) is 0. The van der Waals surface area contributed by atoms with Gasteiger partial charge in [0.2, 0.25) is 0 Å². The Bertz CT molecular complexity index is 1370. The van der Waals surface area contributed by atoms with Gasteiger partial charge in [0, 0.05) is 19.3 Å². The summed E-state index contributed by atoms with van der Waals surface area (Å²) in [4.78, 5) is 38.1. The summed E-state index contributed by atoms with van der Waals surface area (Å²) in [7, 11) is 0. The quantitative estimate of drug-likeness (QED) is 0.0261. The lowest BCUT2D eigenvalue weighted by molar-refractivity contribution is -0.167. The molecule has 0 aromatic carbocycles. The van der Waals surface area contributed by atoms with Crippen LogP contribution in [0.4, 0.5) is 0 Å². The van der Waals surface area contributed by atoms with Crippen LogP contribution in [0.15, 0.2) is 85.1 Å². The molecule has 1 atom stereocenters. The van der Waals surface area contributed by atoms with Crippen LogP contribution in [0, 0.1) is 0 Å². The second-order valence-electron chi connectivity index (χ2n) is 19.9. The summed E-state index contributed by atoms with van der Waals surface area (Å²) < 4.78 is 16.9. The van der Waals surface area contributed by atoms with E-state index in [9.17, 15) is 14.4 Å². The standard InChI is InChI=1S/C65H112O6/c1-4-7-10-13-16-19-22-25-27-28-29-30-31-32-33-34-35-36-37-38-39-41-43-46-49-52-55-58-64(67)70-61-62(60-69-63(66)57-54-51-48-45-42-24-21-18-15-12-9-6-3)71-65(68)59-56-53-50-47-44-40-26-23-20-17-14-11-8-5-2/h7,10,16,18-19,21,23,25-27,29-30,32-33,62H,4-6,8-9,11-15,17,20,22,24,28,31,34-61H2,1-3H3/b10-7-,19-16-,21-18-,26-23-,27-25-,30-29-,33-32-. The van der Waals surface area contributed by atoms with Crippen LogP contribution in [-0.4, -0.2) is 37.2 Å². The Morgan fingerprint density at radius 3 is 0.901 bits per heavy atom. The second kappa shape index (κ2) is 59.2. The molecule has 0 aliphatic carbocycles. The van der Waals surface area contributed by atoms with E-state index in [1.54, 1.807) is 0 Å². The third kappa shape index (κ3) is 57.4. The van der Waals surface area contributed by atoms with Gasteiger partial charge in [-0.25, -0.2) is 0 Å². The molecular weight excluding hydrogens is 877 g/mol. The minimum Gasteiger partial charge on any atom is -0.462 e. The minimum absolute atomic E-state index is 0.0828. The minimum atomic E-state index is -0.784. The number of hydrogen-bond donors (Lipinski definition) is 0. The molecule has 0 aliphatic rings. The van der Waals surface area contributed by atoms with Crippen LogP contribution in [0.5, 0.6) is 0 Å². The van der Waals surface area contributed by atoms with Crippen LogP contribution in [0.3, 0.4) is 0 Å². The molecule has 0 radical (unpaired) electrons. The van der Waals surface area contributed by atoms with Gasteiger partial charge in [-0.1, -0.05) is 241 Å². The Morgan fingerprint density at radius 2 is 0.549 bits per heavy atom. The van der Waals surface area contributed by atoms with Crippen LogP contribution < -0.4 is 0 Å². The Hall–Kier alpha value is -3.41. The van der Waals surface area contributed by atoms with E-state index >= 15 is 0 Å². The largest absolute Gasteiger partial charge is 0.462 e. The van der Waals surface area contributed by atoms with E-state index < -0.39 is 6.10 Å². The average Bonchev–Trinajstić information content (AvgIpc) is 3.37. The fourth-order valence-corrected chi connectivity index (χ4v) is 8.34. The number of unbranched alkanes of at least 4 members (excludes halogenated alkanes) is 29. The smallest absolute Gasteiger partial charge is 0.306 e. The molecule has 71 heavy (non-hydrogen) atoms. The van der Waals surface area contributed by atoms with Gasteiger partial charge in [-0.05, 0) is 116 Å². The number of carbonyl (C=O) groups is 3. The highest BCUT2D eigenvalue weighted by Crippen LogP contribution is 2.15. The number of hydrogen-bond acceptors (Lipinski definition) is 6. The lowest BCUT2D eigenvalue weighted by Gasteiger charge is -2.18. The topological polar surface area (TPSA) is 78.9 Å². The molecule has 1 unspecified atom stereocenters.